The lowest BCUT2D eigenvalue weighted by Crippen LogP contribution is -2.54. The monoisotopic (exact) mass is 948 g/mol. The maximum atomic E-state index is 15.7. The number of nitrogens with zero attached hydrogens (tertiary/aromatic N) is 4. The lowest BCUT2D eigenvalue weighted by Gasteiger charge is -2.45. The van der Waals surface area contributed by atoms with Crippen molar-refractivity contribution >= 4 is 56.7 Å². The molecule has 0 spiro atoms. The Kier molecular flexibility index (Phi) is 11.1. The van der Waals surface area contributed by atoms with Crippen molar-refractivity contribution in [3.63, 3.8) is 0 Å². The number of anilines is 2. The van der Waals surface area contributed by atoms with Crippen LogP contribution in [-0.2, 0) is 54.9 Å². The Labute approximate surface area is 416 Å². The van der Waals surface area contributed by atoms with E-state index in [-0.39, 0.29) is 41.8 Å². The van der Waals surface area contributed by atoms with Crippen LogP contribution in [0.25, 0.3) is 21.5 Å². The summed E-state index contributed by atoms with van der Waals surface area (Å²) < 4.78 is 5.67. The normalized spacial score (nSPS) is 25.8. The maximum Gasteiger partial charge on any atom is 0.407 e. The molecule has 4 amide bonds. The van der Waals surface area contributed by atoms with Crippen LogP contribution in [0, 0.1) is 6.92 Å². The smallest absolute Gasteiger partial charge is 0.407 e. The van der Waals surface area contributed by atoms with Gasteiger partial charge in [-0.25, -0.2) is 4.79 Å². The molecule has 0 saturated carbocycles. The van der Waals surface area contributed by atoms with Crippen LogP contribution in [-0.4, -0.2) is 91.6 Å². The number of para-hydroxylation sites is 1. The van der Waals surface area contributed by atoms with E-state index in [4.69, 9.17) is 4.74 Å². The van der Waals surface area contributed by atoms with Gasteiger partial charge in [0.1, 0.15) is 6.10 Å². The van der Waals surface area contributed by atoms with Crippen LogP contribution in [0.3, 0.4) is 0 Å². The van der Waals surface area contributed by atoms with E-state index in [0.29, 0.717) is 19.4 Å². The summed E-state index contributed by atoms with van der Waals surface area (Å²) in [6, 6.07) is 40.7. The Hall–Kier alpha value is -6.56. The zero-order valence-electron chi connectivity index (χ0n) is 41.4. The van der Waals surface area contributed by atoms with E-state index in [0.717, 1.165) is 92.9 Å². The average Bonchev–Trinajstić information content (AvgIpc) is 4.06. The molecule has 3 saturated heterocycles. The van der Waals surface area contributed by atoms with Crippen molar-refractivity contribution < 1.29 is 23.9 Å². The molecule has 6 aliphatic rings. The summed E-state index contributed by atoms with van der Waals surface area (Å²) in [6.45, 7) is 11.1. The number of benzene rings is 6. The van der Waals surface area contributed by atoms with E-state index in [1.165, 1.54) is 43.8 Å². The van der Waals surface area contributed by atoms with E-state index in [9.17, 15) is 9.59 Å². The van der Waals surface area contributed by atoms with Crippen molar-refractivity contribution in [2.24, 2.45) is 0 Å². The molecule has 0 bridgehead atoms. The molecule has 6 aromatic carbocycles. The number of nitrogens with one attached hydrogen (secondary N) is 2. The van der Waals surface area contributed by atoms with Crippen LogP contribution in [0.1, 0.15) is 91.3 Å². The molecule has 71 heavy (non-hydrogen) atoms. The fourth-order valence-electron chi connectivity index (χ4n) is 14.1. The third kappa shape index (κ3) is 7.36. The minimum Gasteiger partial charge on any atom is -0.444 e. The van der Waals surface area contributed by atoms with Crippen LogP contribution in [0.15, 0.2) is 115 Å². The van der Waals surface area contributed by atoms with Crippen molar-refractivity contribution in [1.82, 2.24) is 20.4 Å². The quantitative estimate of drug-likeness (QED) is 0.133. The molecular weight excluding hydrogens is 885 g/mol. The minimum atomic E-state index is -1.16. The lowest BCUT2D eigenvalue weighted by atomic mass is 9.73. The second-order valence-electron chi connectivity index (χ2n) is 21.9. The molecule has 11 heteroatoms. The molecule has 4 atom stereocenters. The van der Waals surface area contributed by atoms with Crippen LogP contribution in [0.2, 0.25) is 0 Å². The largest absolute Gasteiger partial charge is 0.444 e. The van der Waals surface area contributed by atoms with Gasteiger partial charge in [-0.15, -0.1) is 0 Å². The molecule has 6 aromatic rings. The topological polar surface area (TPSA) is 115 Å². The van der Waals surface area contributed by atoms with Gasteiger partial charge < -0.3 is 25.2 Å². The van der Waals surface area contributed by atoms with Crippen LogP contribution >= 0.6 is 0 Å². The van der Waals surface area contributed by atoms with Crippen LogP contribution in [0.4, 0.5) is 16.2 Å². The summed E-state index contributed by atoms with van der Waals surface area (Å²) in [5.41, 5.74) is 7.58. The van der Waals surface area contributed by atoms with Gasteiger partial charge >= 0.3 is 6.09 Å². The number of amides is 4. The predicted molar refractivity (Wildman–Crippen MR) is 279 cm³/mol. The van der Waals surface area contributed by atoms with E-state index in [1.807, 2.05) is 34.9 Å². The third-order valence-electron chi connectivity index (χ3n) is 17.7. The number of rotatable bonds is 11. The van der Waals surface area contributed by atoms with Gasteiger partial charge in [0.2, 0.25) is 17.7 Å². The molecule has 364 valence electrons. The molecule has 5 heterocycles. The summed E-state index contributed by atoms with van der Waals surface area (Å²) >= 11 is 0. The van der Waals surface area contributed by atoms with Gasteiger partial charge in [0, 0.05) is 81.6 Å². The van der Waals surface area contributed by atoms with Crippen molar-refractivity contribution in [3.8, 4) is 0 Å². The second kappa shape index (κ2) is 17.3. The molecule has 11 nitrogen and oxygen atoms in total. The molecular formula is C60H64N6O5. The average molecular weight is 949 g/mol. The number of likely N-dealkylation sites (tertiary alicyclic amines) is 2. The first-order valence-electron chi connectivity index (χ1n) is 25.9. The van der Waals surface area contributed by atoms with Gasteiger partial charge in [0.05, 0.1) is 17.4 Å². The van der Waals surface area contributed by atoms with Crippen LogP contribution in [0.5, 0.6) is 0 Å². The first-order chi connectivity index (χ1) is 34.4. The molecule has 4 unspecified atom stereocenters. The first kappa shape index (κ1) is 45.6. The Morgan fingerprint density at radius 1 is 0.718 bits per heavy atom. The fraction of sp³-hybridized carbons (Fsp3) is 0.400. The van der Waals surface area contributed by atoms with Gasteiger partial charge in [-0.05, 0) is 132 Å². The fourth-order valence-corrected chi connectivity index (χ4v) is 14.1. The van der Waals surface area contributed by atoms with Crippen molar-refractivity contribution in [1.29, 1.82) is 0 Å². The van der Waals surface area contributed by atoms with Crippen LogP contribution < -0.4 is 20.4 Å². The number of hydrogen-bond acceptors (Lipinski definition) is 7. The summed E-state index contributed by atoms with van der Waals surface area (Å²) in [5, 5.41) is 10.9. The SMILES string of the molecule is CNC(=O)CC1(Cc2ccc3c(c2)N(C2CCN(Cc4cccc5cccc(C)c45)CC2)C(=O)C3(C)CC2CNC(=O)O2)C(=O)N(C2CCN(C3(C)Cc4cccc5cccc3c45)CC2)c2ccccc21. The van der Waals surface area contributed by atoms with E-state index >= 15 is 9.59 Å². The third-order valence-corrected chi connectivity index (χ3v) is 17.7. The highest BCUT2D eigenvalue weighted by Crippen LogP contribution is 2.52. The Balaban J connectivity index is 0.841. The lowest BCUT2D eigenvalue weighted by molar-refractivity contribution is -0.130. The van der Waals surface area contributed by atoms with Crippen molar-refractivity contribution in [2.75, 3.05) is 49.6 Å². The predicted octanol–water partition coefficient (Wildman–Crippen LogP) is 8.97. The first-order valence-corrected chi connectivity index (χ1v) is 25.9. The standard InChI is InChI=1S/C60H64N6O5/c1-38-11-7-12-40-13-9-17-43(53(38)40)37-63-27-23-44(24-28-63)66-51-31-39(21-22-47(51)58(2,55(66)68)34-46-36-62-57(70)71-46)32-60(35-52(67)61-4)48-18-5-6-20-50(48)65(56(60)69)45-25-29-64(30-26-45)59(3)33-42-16-8-14-41-15-10-19-49(59)54(41)42/h5-22,31,44-46H,23-30,32-37H2,1-4H3,(H,61,67)(H,62,70). The summed E-state index contributed by atoms with van der Waals surface area (Å²) in [6.07, 6.45) is 3.96. The second-order valence-corrected chi connectivity index (χ2v) is 21.9. The number of piperidine rings is 2. The highest BCUT2D eigenvalue weighted by atomic mass is 16.6. The number of carbonyl (C=O) groups is 4. The number of ether oxygens (including phenoxy) is 1. The number of alkyl carbamates (subject to hydrolysis) is 1. The molecule has 0 aromatic heterocycles. The van der Waals surface area contributed by atoms with Gasteiger partial charge in [0.25, 0.3) is 0 Å². The number of fused-ring (bicyclic) bond motifs is 3. The zero-order chi connectivity index (χ0) is 48.8. The van der Waals surface area contributed by atoms with Gasteiger partial charge in [-0.3, -0.25) is 24.2 Å². The van der Waals surface area contributed by atoms with E-state index in [1.54, 1.807) is 7.05 Å². The van der Waals surface area contributed by atoms with Crippen molar-refractivity contribution in [2.45, 2.75) is 113 Å². The molecule has 12 rings (SSSR count). The summed E-state index contributed by atoms with van der Waals surface area (Å²) in [4.78, 5) is 66.2. The Morgan fingerprint density at radius 2 is 1.38 bits per heavy atom. The summed E-state index contributed by atoms with van der Waals surface area (Å²) in [7, 11) is 1.64. The van der Waals surface area contributed by atoms with Gasteiger partial charge in [0.15, 0.2) is 0 Å². The molecule has 1 aliphatic carbocycles. The highest BCUT2D eigenvalue weighted by Gasteiger charge is 2.56. The maximum absolute atomic E-state index is 15.7. The molecule has 2 N–H and O–H groups in total. The van der Waals surface area contributed by atoms with Gasteiger partial charge in [-0.2, -0.15) is 0 Å². The number of hydrogen-bond donors (Lipinski definition) is 2. The van der Waals surface area contributed by atoms with Crippen molar-refractivity contribution in [3.05, 3.63) is 154 Å². The number of aryl methyl sites for hydroxylation is 1. The zero-order valence-corrected chi connectivity index (χ0v) is 41.4. The van der Waals surface area contributed by atoms with E-state index in [2.05, 4.69) is 131 Å². The Morgan fingerprint density at radius 3 is 2.11 bits per heavy atom. The highest BCUT2D eigenvalue weighted by molar-refractivity contribution is 6.11. The van der Waals surface area contributed by atoms with Gasteiger partial charge in [-0.1, -0.05) is 103 Å². The molecule has 0 radical (unpaired) electrons. The number of cyclic esters (lactones) is 1. The van der Waals surface area contributed by atoms with E-state index < -0.39 is 23.0 Å². The Bertz CT molecular complexity index is 3140. The number of carbonyl (C=O) groups excluding carboxylic acids is 4. The minimum absolute atomic E-state index is 0.00119. The molecule has 3 fully saturated rings. The molecule has 5 aliphatic heterocycles. The summed E-state index contributed by atoms with van der Waals surface area (Å²) in [5.74, 6) is -0.210.